The minimum Gasteiger partial charge on any atom is -0.454 e. The van der Waals surface area contributed by atoms with Crippen LogP contribution in [0, 0.1) is 6.92 Å². The lowest BCUT2D eigenvalue weighted by molar-refractivity contribution is -0.121. The van der Waals surface area contributed by atoms with Crippen LogP contribution in [-0.2, 0) is 20.6 Å². The Morgan fingerprint density at radius 3 is 2.74 bits per heavy atom. The zero-order valence-electron chi connectivity index (χ0n) is 17.8. The average molecular weight is 465 g/mol. The third-order valence-corrected chi connectivity index (χ3v) is 6.95. The maximum Gasteiger partial charge on any atom is 0.232 e. The van der Waals surface area contributed by atoms with Gasteiger partial charge in [-0.05, 0) is 31.0 Å². The van der Waals surface area contributed by atoms with Gasteiger partial charge in [-0.25, -0.2) is 8.42 Å². The molecule has 3 rings (SSSR count). The number of nitrogens with one attached hydrogen (secondary N) is 1. The molecule has 2 aromatic carbocycles. The molecule has 0 unspecified atom stereocenters. The van der Waals surface area contributed by atoms with E-state index in [0.717, 1.165) is 17.8 Å². The Morgan fingerprint density at radius 1 is 1.16 bits per heavy atom. The van der Waals surface area contributed by atoms with Crippen molar-refractivity contribution in [3.8, 4) is 11.5 Å². The highest BCUT2D eigenvalue weighted by Gasteiger charge is 2.21. The molecule has 1 aliphatic rings. The molecule has 31 heavy (non-hydrogen) atoms. The highest BCUT2D eigenvalue weighted by Crippen LogP contribution is 2.36. The van der Waals surface area contributed by atoms with Gasteiger partial charge in [0.25, 0.3) is 0 Å². The van der Waals surface area contributed by atoms with Crippen molar-refractivity contribution >= 4 is 33.4 Å². The van der Waals surface area contributed by atoms with Crippen LogP contribution >= 0.6 is 11.8 Å². The summed E-state index contributed by atoms with van der Waals surface area (Å²) in [6.45, 7) is 3.01. The van der Waals surface area contributed by atoms with E-state index in [2.05, 4.69) is 36.5 Å². The number of fused-ring (bicyclic) bond motifs is 1. The van der Waals surface area contributed by atoms with Crippen molar-refractivity contribution in [3.63, 3.8) is 0 Å². The second kappa shape index (κ2) is 10.8. The molecule has 168 valence electrons. The third-order valence-electron chi connectivity index (χ3n) is 4.73. The maximum atomic E-state index is 12.2. The molecule has 0 saturated carbocycles. The van der Waals surface area contributed by atoms with Crippen LogP contribution in [-0.4, -0.2) is 46.2 Å². The molecule has 0 aliphatic carbocycles. The number of rotatable bonds is 11. The van der Waals surface area contributed by atoms with E-state index in [1.54, 1.807) is 30.0 Å². The molecule has 0 saturated heterocycles. The molecule has 2 aromatic rings. The fraction of sp³-hybridized carbons (Fsp3) is 0.409. The second-order valence-electron chi connectivity index (χ2n) is 7.37. The molecule has 0 atom stereocenters. The molecular formula is C22H28N2O5S2. The summed E-state index contributed by atoms with van der Waals surface area (Å²) < 4.78 is 36.4. The first-order valence-electron chi connectivity index (χ1n) is 10.1. The molecule has 0 fully saturated rings. The summed E-state index contributed by atoms with van der Waals surface area (Å²) in [7, 11) is -3.49. The lowest BCUT2D eigenvalue weighted by Gasteiger charge is -2.22. The molecule has 0 radical (unpaired) electrons. The zero-order valence-corrected chi connectivity index (χ0v) is 19.4. The topological polar surface area (TPSA) is 84.9 Å². The highest BCUT2D eigenvalue weighted by molar-refractivity contribution is 7.98. The summed E-state index contributed by atoms with van der Waals surface area (Å²) in [4.78, 5) is 12.1. The van der Waals surface area contributed by atoms with Gasteiger partial charge in [-0.15, -0.1) is 0 Å². The summed E-state index contributed by atoms with van der Waals surface area (Å²) in [5, 5.41) is 2.90. The van der Waals surface area contributed by atoms with E-state index in [4.69, 9.17) is 9.47 Å². The van der Waals surface area contributed by atoms with Gasteiger partial charge in [0.2, 0.25) is 22.7 Å². The van der Waals surface area contributed by atoms with E-state index in [1.165, 1.54) is 15.4 Å². The van der Waals surface area contributed by atoms with Crippen LogP contribution in [0.4, 0.5) is 5.69 Å². The van der Waals surface area contributed by atoms with E-state index in [-0.39, 0.29) is 25.7 Å². The van der Waals surface area contributed by atoms with E-state index in [9.17, 15) is 13.2 Å². The third kappa shape index (κ3) is 7.07. The smallest absolute Gasteiger partial charge is 0.232 e. The Morgan fingerprint density at radius 2 is 1.97 bits per heavy atom. The van der Waals surface area contributed by atoms with Gasteiger partial charge >= 0.3 is 0 Å². The molecule has 0 aromatic heterocycles. The minimum absolute atomic E-state index is 0.0738. The van der Waals surface area contributed by atoms with Crippen molar-refractivity contribution < 1.29 is 22.7 Å². The largest absolute Gasteiger partial charge is 0.454 e. The second-order valence-corrected chi connectivity index (χ2v) is 10.4. The summed E-state index contributed by atoms with van der Waals surface area (Å²) in [5.41, 5.74) is 3.02. The van der Waals surface area contributed by atoms with Crippen molar-refractivity contribution in [2.75, 3.05) is 36.2 Å². The number of hydrogen-bond acceptors (Lipinski definition) is 6. The van der Waals surface area contributed by atoms with E-state index in [1.807, 2.05) is 0 Å². The Balaban J connectivity index is 1.39. The number of ether oxygens (including phenoxy) is 2. The number of sulfonamides is 1. The van der Waals surface area contributed by atoms with Gasteiger partial charge < -0.3 is 14.8 Å². The molecule has 7 nitrogen and oxygen atoms in total. The van der Waals surface area contributed by atoms with E-state index >= 15 is 0 Å². The van der Waals surface area contributed by atoms with Crippen LogP contribution in [0.5, 0.6) is 11.5 Å². The van der Waals surface area contributed by atoms with Gasteiger partial charge in [-0.2, -0.15) is 11.8 Å². The van der Waals surface area contributed by atoms with Crippen LogP contribution in [0.15, 0.2) is 42.5 Å². The fourth-order valence-corrected chi connectivity index (χ4v) is 5.02. The molecule has 1 aliphatic heterocycles. The standard InChI is InChI=1S/C22H28N2O5S2/c1-17-5-3-6-18(13-17)15-30-12-10-23-22(25)7-4-11-24(31(2,26)27)19-8-9-20-21(14-19)29-16-28-20/h3,5-6,8-9,13-14H,4,7,10-12,15-16H2,1-2H3,(H,23,25). The Hall–Kier alpha value is -2.39. The normalized spacial score (nSPS) is 12.6. The predicted octanol–water partition coefficient (Wildman–Crippen LogP) is 3.32. The molecule has 1 N–H and O–H groups in total. The van der Waals surface area contributed by atoms with Crippen LogP contribution in [0.1, 0.15) is 24.0 Å². The summed E-state index contributed by atoms with van der Waals surface area (Å²) in [6, 6.07) is 13.4. The number of carbonyl (C=O) groups is 1. The van der Waals surface area contributed by atoms with Gasteiger partial charge in [0.05, 0.1) is 11.9 Å². The monoisotopic (exact) mass is 464 g/mol. The molecular weight excluding hydrogens is 436 g/mol. The van der Waals surface area contributed by atoms with Gasteiger partial charge in [-0.1, -0.05) is 29.8 Å². The number of amides is 1. The SMILES string of the molecule is Cc1cccc(CSCCNC(=O)CCCN(c2ccc3c(c2)OCO3)S(C)(=O)=O)c1. The zero-order chi connectivity index (χ0) is 22.3. The first kappa shape index (κ1) is 23.3. The molecule has 1 amide bonds. The Kier molecular flexibility index (Phi) is 8.09. The van der Waals surface area contributed by atoms with E-state index in [0.29, 0.717) is 30.2 Å². The predicted molar refractivity (Wildman–Crippen MR) is 124 cm³/mol. The minimum atomic E-state index is -3.49. The molecule has 1 heterocycles. The lowest BCUT2D eigenvalue weighted by atomic mass is 10.2. The van der Waals surface area contributed by atoms with E-state index < -0.39 is 10.0 Å². The van der Waals surface area contributed by atoms with Gasteiger partial charge in [0.1, 0.15) is 0 Å². The number of anilines is 1. The average Bonchev–Trinajstić information content (AvgIpc) is 3.18. The first-order chi connectivity index (χ1) is 14.8. The number of thioether (sulfide) groups is 1. The van der Waals surface area contributed by atoms with Crippen LogP contribution in [0.2, 0.25) is 0 Å². The van der Waals surface area contributed by atoms with Crippen molar-refractivity contribution in [3.05, 3.63) is 53.6 Å². The van der Waals surface area contributed by atoms with Crippen molar-refractivity contribution in [1.29, 1.82) is 0 Å². The Labute approximate surface area is 188 Å². The molecule has 0 spiro atoms. The highest BCUT2D eigenvalue weighted by atomic mass is 32.2. The van der Waals surface area contributed by atoms with Gasteiger partial charge in [0.15, 0.2) is 11.5 Å². The van der Waals surface area contributed by atoms with Crippen LogP contribution in [0.3, 0.4) is 0 Å². The first-order valence-corrected chi connectivity index (χ1v) is 13.1. The number of carbonyl (C=O) groups excluding carboxylic acids is 1. The number of aryl methyl sites for hydroxylation is 1. The van der Waals surface area contributed by atoms with Crippen LogP contribution < -0.4 is 19.1 Å². The summed E-state index contributed by atoms with van der Waals surface area (Å²) in [6.07, 6.45) is 1.84. The summed E-state index contributed by atoms with van der Waals surface area (Å²) in [5.74, 6) is 2.78. The lowest BCUT2D eigenvalue weighted by Crippen LogP contribution is -2.32. The number of hydrogen-bond donors (Lipinski definition) is 1. The summed E-state index contributed by atoms with van der Waals surface area (Å²) >= 11 is 1.77. The van der Waals surface area contributed by atoms with Crippen molar-refractivity contribution in [1.82, 2.24) is 5.32 Å². The van der Waals surface area contributed by atoms with Gasteiger partial charge in [-0.3, -0.25) is 9.10 Å². The van der Waals surface area contributed by atoms with Crippen molar-refractivity contribution in [2.24, 2.45) is 0 Å². The van der Waals surface area contributed by atoms with Crippen molar-refractivity contribution in [2.45, 2.75) is 25.5 Å². The fourth-order valence-electron chi connectivity index (χ4n) is 3.25. The van der Waals surface area contributed by atoms with Gasteiger partial charge in [0, 0.05) is 37.1 Å². The Bertz CT molecular complexity index is 1010. The molecule has 0 bridgehead atoms. The van der Waals surface area contributed by atoms with Crippen LogP contribution in [0.25, 0.3) is 0 Å². The molecule has 9 heteroatoms. The quantitative estimate of drug-likeness (QED) is 0.514. The number of nitrogens with zero attached hydrogens (tertiary/aromatic N) is 1. The maximum absolute atomic E-state index is 12.2. The number of benzene rings is 2.